The van der Waals surface area contributed by atoms with Gasteiger partial charge >= 0.3 is 0 Å². The van der Waals surface area contributed by atoms with E-state index in [1.807, 2.05) is 45.4 Å². The summed E-state index contributed by atoms with van der Waals surface area (Å²) in [4.78, 5) is 27.4. The third-order valence-electron chi connectivity index (χ3n) is 4.50. The van der Waals surface area contributed by atoms with Crippen LogP contribution in [0, 0.1) is 11.3 Å². The normalized spacial score (nSPS) is 13.0. The first-order valence-electron chi connectivity index (χ1n) is 10.2. The number of amides is 2. The standard InChI is InChI=1S/C22H39ClN4O2/c1-15(2)12-26(19(29)22(9,10)14-23)13-18(28)24-17-11-16(20(3,4)5)25-27(17)21(6,7)8/h11,15H,12-14H2,1-10H3,(H,24,28). The van der Waals surface area contributed by atoms with Crippen LogP contribution in [0.5, 0.6) is 0 Å². The number of rotatable bonds is 7. The molecule has 1 heterocycles. The van der Waals surface area contributed by atoms with Crippen molar-refractivity contribution < 1.29 is 9.59 Å². The molecule has 0 aromatic carbocycles. The van der Waals surface area contributed by atoms with Gasteiger partial charge in [-0.15, -0.1) is 11.6 Å². The van der Waals surface area contributed by atoms with E-state index in [-0.39, 0.29) is 41.1 Å². The van der Waals surface area contributed by atoms with Crippen LogP contribution in [0.4, 0.5) is 5.82 Å². The van der Waals surface area contributed by atoms with Crippen molar-refractivity contribution in [1.29, 1.82) is 0 Å². The molecule has 0 aliphatic heterocycles. The second-order valence-electron chi connectivity index (χ2n) is 10.9. The Morgan fingerprint density at radius 2 is 1.69 bits per heavy atom. The molecule has 0 saturated carbocycles. The minimum Gasteiger partial charge on any atom is -0.333 e. The third kappa shape index (κ3) is 7.02. The highest BCUT2D eigenvalue weighted by atomic mass is 35.5. The quantitative estimate of drug-likeness (QED) is 0.646. The van der Waals surface area contributed by atoms with Gasteiger partial charge in [0.15, 0.2) is 0 Å². The predicted octanol–water partition coefficient (Wildman–Crippen LogP) is 4.62. The maximum absolute atomic E-state index is 12.9. The molecule has 0 fully saturated rings. The number of hydrogen-bond acceptors (Lipinski definition) is 3. The Kier molecular flexibility index (Phi) is 7.97. The summed E-state index contributed by atoms with van der Waals surface area (Å²) in [5, 5.41) is 7.70. The van der Waals surface area contributed by atoms with Crippen molar-refractivity contribution >= 4 is 29.2 Å². The van der Waals surface area contributed by atoms with Crippen molar-refractivity contribution in [2.24, 2.45) is 11.3 Å². The van der Waals surface area contributed by atoms with E-state index in [0.29, 0.717) is 12.4 Å². The monoisotopic (exact) mass is 426 g/mol. The van der Waals surface area contributed by atoms with E-state index < -0.39 is 5.41 Å². The van der Waals surface area contributed by atoms with Gasteiger partial charge in [-0.25, -0.2) is 4.68 Å². The lowest BCUT2D eigenvalue weighted by molar-refractivity contribution is -0.142. The van der Waals surface area contributed by atoms with Gasteiger partial charge in [-0.1, -0.05) is 34.6 Å². The number of halogens is 1. The molecule has 1 N–H and O–H groups in total. The summed E-state index contributed by atoms with van der Waals surface area (Å²) in [6.07, 6.45) is 0. The van der Waals surface area contributed by atoms with Gasteiger partial charge in [0.25, 0.3) is 0 Å². The molecule has 0 bridgehead atoms. The fourth-order valence-corrected chi connectivity index (χ4v) is 2.96. The molecule has 0 spiro atoms. The highest BCUT2D eigenvalue weighted by molar-refractivity contribution is 6.19. The molecular formula is C22H39ClN4O2. The van der Waals surface area contributed by atoms with Gasteiger partial charge < -0.3 is 10.2 Å². The SMILES string of the molecule is CC(C)CN(CC(=O)Nc1cc(C(C)(C)C)nn1C(C)(C)C)C(=O)C(C)(C)CCl. The van der Waals surface area contributed by atoms with Crippen LogP contribution in [-0.4, -0.2) is 45.5 Å². The Morgan fingerprint density at radius 1 is 1.14 bits per heavy atom. The highest BCUT2D eigenvalue weighted by Crippen LogP contribution is 2.28. The fourth-order valence-electron chi connectivity index (χ4n) is 2.85. The van der Waals surface area contributed by atoms with E-state index in [1.54, 1.807) is 18.7 Å². The van der Waals surface area contributed by atoms with E-state index in [4.69, 9.17) is 16.7 Å². The van der Waals surface area contributed by atoms with Gasteiger partial charge in [0.05, 0.1) is 23.2 Å². The van der Waals surface area contributed by atoms with Crippen molar-refractivity contribution in [3.63, 3.8) is 0 Å². The lowest BCUT2D eigenvalue weighted by atomic mass is 9.92. The van der Waals surface area contributed by atoms with E-state index in [1.165, 1.54) is 0 Å². The number of carbonyl (C=O) groups excluding carboxylic acids is 2. The minimum absolute atomic E-state index is 0.0164. The van der Waals surface area contributed by atoms with Crippen molar-refractivity contribution in [3.8, 4) is 0 Å². The van der Waals surface area contributed by atoms with Crippen LogP contribution < -0.4 is 5.32 Å². The van der Waals surface area contributed by atoms with Gasteiger partial charge in [0.1, 0.15) is 5.82 Å². The Bertz CT molecular complexity index is 724. The predicted molar refractivity (Wildman–Crippen MR) is 120 cm³/mol. The number of nitrogens with zero attached hydrogens (tertiary/aromatic N) is 3. The molecular weight excluding hydrogens is 388 g/mol. The molecule has 0 radical (unpaired) electrons. The Morgan fingerprint density at radius 3 is 2.10 bits per heavy atom. The van der Waals surface area contributed by atoms with Crippen LogP contribution >= 0.6 is 11.6 Å². The lowest BCUT2D eigenvalue weighted by Crippen LogP contribution is -2.47. The molecule has 7 heteroatoms. The Labute approximate surface area is 181 Å². The van der Waals surface area contributed by atoms with Crippen LogP contribution in [0.2, 0.25) is 0 Å². The minimum atomic E-state index is -0.719. The third-order valence-corrected chi connectivity index (χ3v) is 5.17. The number of alkyl halides is 1. The summed E-state index contributed by atoms with van der Waals surface area (Å²) < 4.78 is 1.84. The second-order valence-corrected chi connectivity index (χ2v) is 11.2. The fraction of sp³-hybridized carbons (Fsp3) is 0.773. The van der Waals surface area contributed by atoms with E-state index in [0.717, 1.165) is 5.69 Å². The zero-order valence-corrected chi connectivity index (χ0v) is 20.6. The van der Waals surface area contributed by atoms with Crippen LogP contribution in [0.1, 0.15) is 74.9 Å². The van der Waals surface area contributed by atoms with E-state index in [2.05, 4.69) is 26.1 Å². The maximum atomic E-state index is 12.9. The molecule has 29 heavy (non-hydrogen) atoms. The molecule has 2 amide bonds. The molecule has 0 aliphatic rings. The van der Waals surface area contributed by atoms with Gasteiger partial charge in [0, 0.05) is 23.9 Å². The molecule has 0 aliphatic carbocycles. The smallest absolute Gasteiger partial charge is 0.245 e. The number of aromatic nitrogens is 2. The molecule has 0 unspecified atom stereocenters. The number of carbonyl (C=O) groups is 2. The molecule has 6 nitrogen and oxygen atoms in total. The molecule has 1 rings (SSSR count). The summed E-state index contributed by atoms with van der Waals surface area (Å²) in [7, 11) is 0. The average Bonchev–Trinajstić information content (AvgIpc) is 2.97. The molecule has 0 saturated heterocycles. The topological polar surface area (TPSA) is 67.2 Å². The number of hydrogen-bond donors (Lipinski definition) is 1. The van der Waals surface area contributed by atoms with Crippen LogP contribution in [0.15, 0.2) is 6.07 Å². The molecule has 1 aromatic rings. The first-order valence-corrected chi connectivity index (χ1v) is 10.8. The van der Waals surface area contributed by atoms with Crippen LogP contribution in [-0.2, 0) is 20.5 Å². The zero-order chi connectivity index (χ0) is 22.8. The van der Waals surface area contributed by atoms with E-state index in [9.17, 15) is 9.59 Å². The number of nitrogens with one attached hydrogen (secondary N) is 1. The van der Waals surface area contributed by atoms with Gasteiger partial charge in [0.2, 0.25) is 11.8 Å². The number of anilines is 1. The van der Waals surface area contributed by atoms with Crippen molar-refractivity contribution in [3.05, 3.63) is 11.8 Å². The summed E-state index contributed by atoms with van der Waals surface area (Å²) in [6.45, 7) is 20.5. The Hall–Kier alpha value is -1.56. The largest absolute Gasteiger partial charge is 0.333 e. The maximum Gasteiger partial charge on any atom is 0.245 e. The van der Waals surface area contributed by atoms with Crippen molar-refractivity contribution in [2.45, 2.75) is 80.2 Å². The van der Waals surface area contributed by atoms with Crippen LogP contribution in [0.3, 0.4) is 0 Å². The summed E-state index contributed by atoms with van der Waals surface area (Å²) >= 11 is 5.99. The highest BCUT2D eigenvalue weighted by Gasteiger charge is 2.33. The Balaban J connectivity index is 3.12. The molecule has 0 atom stereocenters. The van der Waals surface area contributed by atoms with Crippen molar-refractivity contribution in [1.82, 2.24) is 14.7 Å². The second kappa shape index (κ2) is 9.07. The van der Waals surface area contributed by atoms with Gasteiger partial charge in [-0.3, -0.25) is 9.59 Å². The summed E-state index contributed by atoms with van der Waals surface area (Å²) in [5.74, 6) is 0.728. The van der Waals surface area contributed by atoms with Crippen molar-refractivity contribution in [2.75, 3.05) is 24.3 Å². The molecule has 166 valence electrons. The molecule has 1 aromatic heterocycles. The van der Waals surface area contributed by atoms with Gasteiger partial charge in [-0.2, -0.15) is 5.10 Å². The zero-order valence-electron chi connectivity index (χ0n) is 19.8. The van der Waals surface area contributed by atoms with Crippen LogP contribution in [0.25, 0.3) is 0 Å². The first kappa shape index (κ1) is 25.5. The average molecular weight is 427 g/mol. The lowest BCUT2D eigenvalue weighted by Gasteiger charge is -2.31. The summed E-state index contributed by atoms with van der Waals surface area (Å²) in [5.41, 5.74) is -0.246. The first-order chi connectivity index (χ1) is 13.0. The summed E-state index contributed by atoms with van der Waals surface area (Å²) in [6, 6.07) is 1.92. The van der Waals surface area contributed by atoms with Gasteiger partial charge in [-0.05, 0) is 40.5 Å². The van der Waals surface area contributed by atoms with E-state index >= 15 is 0 Å².